The molecule has 64 heavy (non-hydrogen) atoms. The first kappa shape index (κ1) is 34.3. The predicted octanol–water partition coefficient (Wildman–Crippen LogP) is 17.0. The Kier molecular flexibility index (Phi) is 6.67. The van der Waals surface area contributed by atoms with E-state index in [1.807, 2.05) is 0 Å². The van der Waals surface area contributed by atoms with Crippen LogP contribution in [0.1, 0.15) is 22.3 Å². The maximum absolute atomic E-state index is 6.47. The Balaban J connectivity index is 0.991. The second-order valence-electron chi connectivity index (χ2n) is 17.8. The van der Waals surface area contributed by atoms with Crippen LogP contribution < -0.4 is 0 Å². The summed E-state index contributed by atoms with van der Waals surface area (Å²) in [5.74, 6) is 0. The van der Waals surface area contributed by atoms with Crippen LogP contribution in [0.2, 0.25) is 0 Å². The van der Waals surface area contributed by atoms with Crippen LogP contribution in [0.5, 0.6) is 0 Å². The van der Waals surface area contributed by atoms with Gasteiger partial charge in [-0.1, -0.05) is 194 Å². The zero-order valence-corrected chi connectivity index (χ0v) is 34.7. The summed E-state index contributed by atoms with van der Waals surface area (Å²) in [4.78, 5) is 0. The standard InChI is InChI=1S/C63H36O/c1-3-15-42-37(13-1)28-34-57-60(42)53-36-41(29-33-56(53)64-57)59-49-21-7-5-19-47(49)58(48-20-6-8-22-50(48)59)40-27-30-44-39(35-40)26-32-52-51-31-25-38-14-2-4-16-43(38)61(51)63(62(44)52)54-23-11-9-17-45(54)46-18-10-12-24-55(46)63/h1-36H. The Labute approximate surface area is 369 Å². The Morgan fingerprint density at radius 3 is 1.38 bits per heavy atom. The minimum absolute atomic E-state index is 0.464. The van der Waals surface area contributed by atoms with Gasteiger partial charge in [-0.05, 0) is 145 Å². The minimum Gasteiger partial charge on any atom is -0.456 e. The maximum Gasteiger partial charge on any atom is 0.136 e. The molecule has 0 amide bonds. The van der Waals surface area contributed by atoms with Gasteiger partial charge < -0.3 is 4.42 Å². The summed E-state index contributed by atoms with van der Waals surface area (Å²) in [5.41, 5.74) is 17.1. The molecule has 0 saturated heterocycles. The summed E-state index contributed by atoms with van der Waals surface area (Å²) in [6.45, 7) is 0. The van der Waals surface area contributed by atoms with E-state index < -0.39 is 5.41 Å². The third-order valence-electron chi connectivity index (χ3n) is 14.8. The Morgan fingerprint density at radius 1 is 0.281 bits per heavy atom. The molecular weight excluding hydrogens is 773 g/mol. The molecular formula is C63H36O. The van der Waals surface area contributed by atoms with Gasteiger partial charge in [-0.25, -0.2) is 0 Å². The van der Waals surface area contributed by atoms with Gasteiger partial charge in [0.25, 0.3) is 0 Å². The first-order valence-corrected chi connectivity index (χ1v) is 22.3. The monoisotopic (exact) mass is 808 g/mol. The van der Waals surface area contributed by atoms with Crippen LogP contribution in [-0.2, 0) is 5.41 Å². The third-order valence-corrected chi connectivity index (χ3v) is 14.8. The van der Waals surface area contributed by atoms with Crippen molar-refractivity contribution in [2.45, 2.75) is 5.41 Å². The fourth-order valence-electron chi connectivity index (χ4n) is 12.4. The van der Waals surface area contributed by atoms with Gasteiger partial charge in [0.15, 0.2) is 0 Å². The number of hydrogen-bond donors (Lipinski definition) is 0. The van der Waals surface area contributed by atoms with E-state index in [0.717, 1.165) is 16.6 Å². The van der Waals surface area contributed by atoms with Crippen molar-refractivity contribution in [3.8, 4) is 44.5 Å². The molecule has 0 fully saturated rings. The van der Waals surface area contributed by atoms with E-state index in [4.69, 9.17) is 4.42 Å². The molecule has 1 spiro atoms. The van der Waals surface area contributed by atoms with E-state index in [1.54, 1.807) is 0 Å². The minimum atomic E-state index is -0.464. The fourth-order valence-corrected chi connectivity index (χ4v) is 12.4. The molecule has 1 nitrogen and oxygen atoms in total. The van der Waals surface area contributed by atoms with Gasteiger partial charge in [0, 0.05) is 10.8 Å². The SMILES string of the molecule is c1ccc2c(c1)-c1ccccc1C21c2c(ccc3ccccc23)-c2ccc3cc(-c4c5ccccc5c(-c5ccc6oc7ccc8ccccc8c7c6c5)c5ccccc45)ccc3c21. The first-order chi connectivity index (χ1) is 31.8. The van der Waals surface area contributed by atoms with E-state index in [2.05, 4.69) is 218 Å². The fraction of sp³-hybridized carbons (Fsp3) is 0.0159. The number of hydrogen-bond acceptors (Lipinski definition) is 1. The van der Waals surface area contributed by atoms with Crippen LogP contribution in [0, 0.1) is 0 Å². The number of fused-ring (bicyclic) bond motifs is 21. The molecule has 13 aromatic rings. The average molecular weight is 809 g/mol. The predicted molar refractivity (Wildman–Crippen MR) is 268 cm³/mol. The Bertz CT molecular complexity index is 4100. The second-order valence-corrected chi connectivity index (χ2v) is 17.8. The van der Waals surface area contributed by atoms with E-state index in [0.29, 0.717) is 0 Å². The highest BCUT2D eigenvalue weighted by atomic mass is 16.3. The van der Waals surface area contributed by atoms with Gasteiger partial charge in [-0.15, -0.1) is 0 Å². The Morgan fingerprint density at radius 2 is 0.734 bits per heavy atom. The first-order valence-electron chi connectivity index (χ1n) is 22.3. The molecule has 2 aliphatic rings. The van der Waals surface area contributed by atoms with Crippen LogP contribution in [0.4, 0.5) is 0 Å². The van der Waals surface area contributed by atoms with Gasteiger partial charge in [-0.2, -0.15) is 0 Å². The summed E-state index contributed by atoms with van der Waals surface area (Å²) in [6, 6.07) is 81.7. The quantitative estimate of drug-likeness (QED) is 0.159. The summed E-state index contributed by atoms with van der Waals surface area (Å²) in [7, 11) is 0. The highest BCUT2D eigenvalue weighted by Gasteiger charge is 2.53. The second kappa shape index (κ2) is 12.4. The molecule has 1 aromatic heterocycles. The van der Waals surface area contributed by atoms with Crippen LogP contribution in [0.3, 0.4) is 0 Å². The van der Waals surface area contributed by atoms with Gasteiger partial charge in [0.1, 0.15) is 11.2 Å². The zero-order chi connectivity index (χ0) is 41.7. The molecule has 2 aliphatic carbocycles. The normalized spacial score (nSPS) is 13.4. The van der Waals surface area contributed by atoms with Crippen molar-refractivity contribution in [1.82, 2.24) is 0 Å². The van der Waals surface area contributed by atoms with Crippen molar-refractivity contribution < 1.29 is 4.42 Å². The van der Waals surface area contributed by atoms with Gasteiger partial charge in [0.05, 0.1) is 5.41 Å². The number of rotatable bonds is 2. The highest BCUT2D eigenvalue weighted by Crippen LogP contribution is 2.65. The summed E-state index contributed by atoms with van der Waals surface area (Å²) < 4.78 is 6.47. The summed E-state index contributed by atoms with van der Waals surface area (Å²) in [5, 5.41) is 14.8. The van der Waals surface area contributed by atoms with E-state index >= 15 is 0 Å². The summed E-state index contributed by atoms with van der Waals surface area (Å²) in [6.07, 6.45) is 0. The molecule has 1 heteroatoms. The number of benzene rings is 12. The lowest BCUT2D eigenvalue weighted by Gasteiger charge is -2.32. The van der Waals surface area contributed by atoms with Crippen LogP contribution in [0.15, 0.2) is 223 Å². The molecule has 0 unspecified atom stereocenters. The molecule has 15 rings (SSSR count). The molecule has 0 N–H and O–H groups in total. The van der Waals surface area contributed by atoms with E-state index in [1.165, 1.54) is 126 Å². The highest BCUT2D eigenvalue weighted by molar-refractivity contribution is 6.24. The molecule has 0 bridgehead atoms. The lowest BCUT2D eigenvalue weighted by atomic mass is 9.68. The lowest BCUT2D eigenvalue weighted by molar-refractivity contribution is 0.669. The van der Waals surface area contributed by atoms with E-state index in [-0.39, 0.29) is 0 Å². The van der Waals surface area contributed by atoms with Gasteiger partial charge in [-0.3, -0.25) is 0 Å². The molecule has 12 aromatic carbocycles. The van der Waals surface area contributed by atoms with Crippen molar-refractivity contribution in [3.05, 3.63) is 241 Å². The lowest BCUT2D eigenvalue weighted by Crippen LogP contribution is -2.26. The zero-order valence-electron chi connectivity index (χ0n) is 34.7. The van der Waals surface area contributed by atoms with E-state index in [9.17, 15) is 0 Å². The third kappa shape index (κ3) is 4.29. The largest absolute Gasteiger partial charge is 0.456 e. The smallest absolute Gasteiger partial charge is 0.136 e. The molecule has 0 radical (unpaired) electrons. The average Bonchev–Trinajstić information content (AvgIpc) is 3.99. The van der Waals surface area contributed by atoms with Crippen molar-refractivity contribution in [1.29, 1.82) is 0 Å². The topological polar surface area (TPSA) is 13.1 Å². The van der Waals surface area contributed by atoms with Crippen molar-refractivity contribution in [2.75, 3.05) is 0 Å². The van der Waals surface area contributed by atoms with Crippen molar-refractivity contribution >= 4 is 75.8 Å². The molecule has 0 atom stereocenters. The molecule has 294 valence electrons. The molecule has 0 aliphatic heterocycles. The van der Waals surface area contributed by atoms with Gasteiger partial charge >= 0.3 is 0 Å². The van der Waals surface area contributed by atoms with Crippen LogP contribution in [0.25, 0.3) is 120 Å². The molecule has 0 saturated carbocycles. The van der Waals surface area contributed by atoms with Crippen LogP contribution in [-0.4, -0.2) is 0 Å². The number of furan rings is 1. The maximum atomic E-state index is 6.47. The van der Waals surface area contributed by atoms with Gasteiger partial charge in [0.2, 0.25) is 0 Å². The Hall–Kier alpha value is -8.26. The molecule has 1 heterocycles. The van der Waals surface area contributed by atoms with Crippen LogP contribution >= 0.6 is 0 Å². The van der Waals surface area contributed by atoms with Crippen molar-refractivity contribution in [2.24, 2.45) is 0 Å². The van der Waals surface area contributed by atoms with Crippen molar-refractivity contribution in [3.63, 3.8) is 0 Å². The summed E-state index contributed by atoms with van der Waals surface area (Å²) >= 11 is 0.